The molecule has 30 heavy (non-hydrogen) atoms. The number of rotatable bonds is 6. The molecule has 0 radical (unpaired) electrons. The number of para-hydroxylation sites is 1. The van der Waals surface area contributed by atoms with Crippen LogP contribution in [0.3, 0.4) is 0 Å². The third kappa shape index (κ3) is 5.04. The zero-order chi connectivity index (χ0) is 20.4. The molecule has 1 saturated carbocycles. The number of hydrogen-bond donors (Lipinski definition) is 1. The van der Waals surface area contributed by atoms with Crippen LogP contribution in [0.1, 0.15) is 46.7 Å². The van der Waals surface area contributed by atoms with Crippen LogP contribution in [0.5, 0.6) is 0 Å². The molecule has 154 valence electrons. The molecular weight excluding hydrogens is 411 g/mol. The zero-order valence-corrected chi connectivity index (χ0v) is 20.5. The fraction of sp³-hybridized carbons (Fsp3) is 0.476. The van der Waals surface area contributed by atoms with Crippen LogP contribution < -0.4 is 61.8 Å². The van der Waals surface area contributed by atoms with Gasteiger partial charge in [0.15, 0.2) is 0 Å². The Bertz CT molecular complexity index is 888. The second-order valence-corrected chi connectivity index (χ2v) is 7.67. The average molecular weight is 437 g/mol. The molecule has 1 aliphatic heterocycles. The molecule has 0 bridgehead atoms. The first-order chi connectivity index (χ1) is 14.1. The summed E-state index contributed by atoms with van der Waals surface area (Å²) in [6, 6.07) is 10.6. The molecule has 1 aromatic carbocycles. The predicted molar refractivity (Wildman–Crippen MR) is 104 cm³/mol. The second kappa shape index (κ2) is 10.5. The summed E-state index contributed by atoms with van der Waals surface area (Å²) in [7, 11) is 1.74. The summed E-state index contributed by atoms with van der Waals surface area (Å²) in [6.45, 7) is 1.84. The fourth-order valence-electron chi connectivity index (χ4n) is 4.44. The summed E-state index contributed by atoms with van der Waals surface area (Å²) in [4.78, 5) is 26.8. The Hall–Kier alpha value is -1.07. The number of nitrogens with one attached hydrogen (secondary N) is 1. The number of aromatic nitrogens is 2. The maximum absolute atomic E-state index is 13.1. The summed E-state index contributed by atoms with van der Waals surface area (Å²) >= 11 is 0. The Morgan fingerprint density at radius 3 is 2.63 bits per heavy atom. The Kier molecular flexibility index (Phi) is 8.25. The van der Waals surface area contributed by atoms with E-state index in [9.17, 15) is 14.7 Å². The molecule has 8 nitrogen and oxygen atoms in total. The van der Waals surface area contributed by atoms with Crippen LogP contribution in [0.4, 0.5) is 0 Å². The third-order valence-corrected chi connectivity index (χ3v) is 5.93. The van der Waals surface area contributed by atoms with E-state index in [1.54, 1.807) is 19.2 Å². The van der Waals surface area contributed by atoms with Crippen LogP contribution in [-0.4, -0.2) is 64.9 Å². The fourth-order valence-corrected chi connectivity index (χ4v) is 4.44. The van der Waals surface area contributed by atoms with Gasteiger partial charge in [0.25, 0.3) is 5.91 Å². The summed E-state index contributed by atoms with van der Waals surface area (Å²) < 4.78 is 6.84. The average Bonchev–Trinajstić information content (AvgIpc) is 3.47. The molecule has 3 atom stereocenters. The summed E-state index contributed by atoms with van der Waals surface area (Å²) in [5, 5.41) is 18.5. The van der Waals surface area contributed by atoms with E-state index in [-0.39, 0.29) is 86.9 Å². The molecule has 2 heterocycles. The van der Waals surface area contributed by atoms with Gasteiger partial charge in [-0.05, 0) is 43.9 Å². The molecule has 0 spiro atoms. The van der Waals surface area contributed by atoms with E-state index < -0.39 is 5.97 Å². The van der Waals surface area contributed by atoms with E-state index in [1.165, 1.54) is 10.7 Å². The van der Waals surface area contributed by atoms with Crippen molar-refractivity contribution >= 4 is 11.9 Å². The summed E-state index contributed by atoms with van der Waals surface area (Å²) in [5.74, 6) is -1.73. The normalized spacial score (nSPS) is 23.8. The Morgan fingerprint density at radius 1 is 1.20 bits per heavy atom. The van der Waals surface area contributed by atoms with Gasteiger partial charge >= 0.3 is 51.4 Å². The number of carbonyl (C=O) groups is 2. The number of likely N-dealkylation sites (tertiary alicyclic amines) is 1. The third-order valence-electron chi connectivity index (χ3n) is 5.93. The summed E-state index contributed by atoms with van der Waals surface area (Å²) in [6.07, 6.45) is 4.23. The van der Waals surface area contributed by atoms with Crippen molar-refractivity contribution in [1.29, 1.82) is 0 Å². The van der Waals surface area contributed by atoms with E-state index >= 15 is 0 Å². The summed E-state index contributed by atoms with van der Waals surface area (Å²) in [5.41, 5.74) is 0.553. The Labute approximate surface area is 218 Å². The number of carbonyl (C=O) groups excluding carboxylic acids is 2. The van der Waals surface area contributed by atoms with Crippen LogP contribution in [0.25, 0.3) is 5.69 Å². The smallest absolute Gasteiger partial charge is 0.543 e. The number of amides is 1. The second-order valence-electron chi connectivity index (χ2n) is 7.67. The van der Waals surface area contributed by atoms with Crippen molar-refractivity contribution in [3.63, 3.8) is 0 Å². The van der Waals surface area contributed by atoms with Crippen molar-refractivity contribution in [2.24, 2.45) is 0 Å². The van der Waals surface area contributed by atoms with Crippen molar-refractivity contribution < 1.29 is 70.8 Å². The number of nitrogens with zero attached hydrogens (tertiary/aromatic N) is 3. The number of benzene rings is 1. The van der Waals surface area contributed by atoms with Gasteiger partial charge in [-0.1, -0.05) is 18.2 Å². The van der Waals surface area contributed by atoms with Crippen molar-refractivity contribution in [2.75, 3.05) is 20.2 Å². The first kappa shape index (κ1) is 23.6. The number of carboxylic acids is 1. The molecular formula is C21H25KN4O4. The molecule has 1 aliphatic carbocycles. The van der Waals surface area contributed by atoms with Gasteiger partial charge in [-0.2, -0.15) is 5.10 Å². The van der Waals surface area contributed by atoms with Crippen LogP contribution in [-0.2, 0) is 4.74 Å². The molecule has 1 aromatic heterocycles. The van der Waals surface area contributed by atoms with Gasteiger partial charge < -0.3 is 20.0 Å². The topological polar surface area (TPSA) is 99.5 Å². The Balaban J connectivity index is 0.00000256. The van der Waals surface area contributed by atoms with E-state index in [0.717, 1.165) is 38.8 Å². The van der Waals surface area contributed by atoms with Crippen molar-refractivity contribution in [3.8, 4) is 5.69 Å². The van der Waals surface area contributed by atoms with E-state index in [2.05, 4.69) is 15.3 Å². The first-order valence-electron chi connectivity index (χ1n) is 10.0. The van der Waals surface area contributed by atoms with Crippen molar-refractivity contribution in [1.82, 2.24) is 20.0 Å². The van der Waals surface area contributed by atoms with Gasteiger partial charge in [-0.15, -0.1) is 0 Å². The van der Waals surface area contributed by atoms with E-state index in [1.807, 2.05) is 18.2 Å². The molecule has 1 N–H and O–H groups in total. The molecule has 2 aliphatic rings. The maximum atomic E-state index is 13.1. The number of aromatic carboxylic acids is 1. The minimum absolute atomic E-state index is 0. The van der Waals surface area contributed by atoms with E-state index in [4.69, 9.17) is 4.74 Å². The van der Waals surface area contributed by atoms with Gasteiger partial charge in [-0.3, -0.25) is 9.69 Å². The molecule has 2 fully saturated rings. The van der Waals surface area contributed by atoms with Crippen LogP contribution >= 0.6 is 0 Å². The van der Waals surface area contributed by atoms with Crippen molar-refractivity contribution in [2.45, 2.75) is 43.9 Å². The van der Waals surface area contributed by atoms with Crippen LogP contribution in [0.15, 0.2) is 36.4 Å². The van der Waals surface area contributed by atoms with Gasteiger partial charge in [0, 0.05) is 32.3 Å². The Morgan fingerprint density at radius 2 is 1.97 bits per heavy atom. The first-order valence-corrected chi connectivity index (χ1v) is 10.0. The number of carboxylic acid groups (broad SMARTS) is 1. The number of ether oxygens (including phenoxy) is 1. The van der Waals surface area contributed by atoms with Gasteiger partial charge in [0.1, 0.15) is 11.4 Å². The molecule has 9 heteroatoms. The largest absolute Gasteiger partial charge is 1.00 e. The standard InChI is InChI=1S/C21H26N4O4.K/c1-29-15-10-11-24(13-15)18-9-5-8-16(18)22-20(26)19-12-17(21(27)28)23-25(19)14-6-3-2-4-7-14;/h2-4,6-7,12,15-16,18H,5,8-11,13H2,1H3,(H,22,26)(H,27,28);/q;+1/p-1/t15?,16-,18+;/m0./s1. The quantitative estimate of drug-likeness (QED) is 0.508. The predicted octanol–water partition coefficient (Wildman–Crippen LogP) is -2.39. The van der Waals surface area contributed by atoms with E-state index in [0.29, 0.717) is 5.69 Å². The SMILES string of the molecule is COC1CCN([C@@H]2CCC[C@@H]2NC(=O)c2cc(C(=O)[O-])nn2-c2ccccc2)C1.[K+]. The number of methoxy groups -OCH3 is 1. The molecule has 1 unspecified atom stereocenters. The van der Waals surface area contributed by atoms with Gasteiger partial charge in [0.2, 0.25) is 0 Å². The van der Waals surface area contributed by atoms with Gasteiger partial charge in [-0.25, -0.2) is 4.68 Å². The molecule has 1 saturated heterocycles. The van der Waals surface area contributed by atoms with Crippen LogP contribution in [0, 0.1) is 0 Å². The number of hydrogen-bond acceptors (Lipinski definition) is 6. The maximum Gasteiger partial charge on any atom is 1.00 e. The molecule has 2 aromatic rings. The molecule has 4 rings (SSSR count). The zero-order valence-electron chi connectivity index (χ0n) is 17.4. The minimum Gasteiger partial charge on any atom is -0.543 e. The van der Waals surface area contributed by atoms with Crippen LogP contribution in [0.2, 0.25) is 0 Å². The molecule has 1 amide bonds. The van der Waals surface area contributed by atoms with Crippen molar-refractivity contribution in [3.05, 3.63) is 47.8 Å². The minimum atomic E-state index is -1.41. The monoisotopic (exact) mass is 436 g/mol. The van der Waals surface area contributed by atoms with Gasteiger partial charge in [0.05, 0.1) is 17.8 Å².